The summed E-state index contributed by atoms with van der Waals surface area (Å²) in [4.78, 5) is 16.5. The van der Waals surface area contributed by atoms with Gasteiger partial charge >= 0.3 is 0 Å². The van der Waals surface area contributed by atoms with Gasteiger partial charge in [0.05, 0.1) is 11.9 Å². The van der Waals surface area contributed by atoms with Crippen LogP contribution in [0.4, 0.5) is 5.69 Å². The molecule has 0 saturated heterocycles. The van der Waals surface area contributed by atoms with Crippen LogP contribution in [0.3, 0.4) is 0 Å². The van der Waals surface area contributed by atoms with E-state index in [1.54, 1.807) is 12.4 Å². The molecule has 1 aromatic heterocycles. The van der Waals surface area contributed by atoms with Gasteiger partial charge in [-0.3, -0.25) is 9.78 Å². The molecule has 0 bridgehead atoms. The lowest BCUT2D eigenvalue weighted by Gasteiger charge is -2.27. The Labute approximate surface area is 154 Å². The number of nitrogens with one attached hydrogen (secondary N) is 3. The van der Waals surface area contributed by atoms with Gasteiger partial charge in [-0.25, -0.2) is 0 Å². The Kier molecular flexibility index (Phi) is 6.89. The third-order valence-electron chi connectivity index (χ3n) is 4.02. The molecular formula is C19H24N4OS. The predicted octanol–water partition coefficient (Wildman–Crippen LogP) is 3.48. The fourth-order valence-electron chi connectivity index (χ4n) is 2.23. The number of benzene rings is 1. The first-order valence-electron chi connectivity index (χ1n) is 8.34. The summed E-state index contributed by atoms with van der Waals surface area (Å²) in [6.07, 6.45) is 4.03. The molecule has 2 aromatic rings. The van der Waals surface area contributed by atoms with E-state index in [1.807, 2.05) is 43.3 Å². The van der Waals surface area contributed by atoms with Crippen molar-refractivity contribution in [3.63, 3.8) is 0 Å². The number of hydrogen-bond acceptors (Lipinski definition) is 3. The molecule has 3 N–H and O–H groups in total. The summed E-state index contributed by atoms with van der Waals surface area (Å²) in [6, 6.07) is 11.2. The maximum Gasteiger partial charge on any atom is 0.252 e. The van der Waals surface area contributed by atoms with Gasteiger partial charge in [0.25, 0.3) is 5.91 Å². The number of nitrogens with zero attached hydrogens (tertiary/aromatic N) is 1. The quantitative estimate of drug-likeness (QED) is 0.546. The van der Waals surface area contributed by atoms with E-state index in [1.165, 1.54) is 0 Å². The van der Waals surface area contributed by atoms with Crippen LogP contribution < -0.4 is 16.0 Å². The molecule has 1 aromatic carbocycles. The lowest BCUT2D eigenvalue weighted by Crippen LogP contribution is -2.52. The highest BCUT2D eigenvalue weighted by atomic mass is 32.1. The largest absolute Gasteiger partial charge is 0.342 e. The Morgan fingerprint density at radius 1 is 1.20 bits per heavy atom. The zero-order chi connectivity index (χ0) is 18.2. The van der Waals surface area contributed by atoms with Gasteiger partial charge in [-0.15, -0.1) is 0 Å². The third-order valence-corrected chi connectivity index (χ3v) is 4.24. The van der Waals surface area contributed by atoms with Crippen LogP contribution in [-0.2, 0) is 0 Å². The van der Waals surface area contributed by atoms with Crippen molar-refractivity contribution in [2.24, 2.45) is 5.92 Å². The molecule has 6 heteroatoms. The molecule has 0 fully saturated rings. The zero-order valence-corrected chi connectivity index (χ0v) is 15.6. The first kappa shape index (κ1) is 18.9. The lowest BCUT2D eigenvalue weighted by molar-refractivity contribution is 0.0919. The fraction of sp³-hybridized carbons (Fsp3) is 0.316. The second kappa shape index (κ2) is 9.13. The van der Waals surface area contributed by atoms with Crippen LogP contribution in [0.2, 0.25) is 0 Å². The highest BCUT2D eigenvalue weighted by Gasteiger charge is 2.20. The van der Waals surface area contributed by atoms with Gasteiger partial charge < -0.3 is 16.0 Å². The van der Waals surface area contributed by atoms with E-state index in [4.69, 9.17) is 12.2 Å². The zero-order valence-electron chi connectivity index (χ0n) is 14.7. The minimum Gasteiger partial charge on any atom is -0.342 e. The van der Waals surface area contributed by atoms with Crippen molar-refractivity contribution in [2.75, 3.05) is 5.32 Å². The number of pyridine rings is 1. The molecule has 0 aliphatic carbocycles. The maximum atomic E-state index is 12.5. The Morgan fingerprint density at radius 2 is 1.92 bits per heavy atom. The number of carbonyl (C=O) groups is 1. The summed E-state index contributed by atoms with van der Waals surface area (Å²) in [5.41, 5.74) is 2.55. The average molecular weight is 356 g/mol. The normalized spacial score (nSPS) is 12.8. The van der Waals surface area contributed by atoms with Crippen LogP contribution in [0.5, 0.6) is 0 Å². The van der Waals surface area contributed by atoms with Gasteiger partial charge in [-0.05, 0) is 55.7 Å². The highest BCUT2D eigenvalue weighted by Crippen LogP contribution is 2.09. The monoisotopic (exact) mass is 356 g/mol. The summed E-state index contributed by atoms with van der Waals surface area (Å²) in [6.45, 7) is 6.14. The average Bonchev–Trinajstić information content (AvgIpc) is 2.61. The molecule has 1 heterocycles. The van der Waals surface area contributed by atoms with E-state index in [-0.39, 0.29) is 18.0 Å². The van der Waals surface area contributed by atoms with Crippen molar-refractivity contribution in [1.29, 1.82) is 0 Å². The molecule has 2 rings (SSSR count). The van der Waals surface area contributed by atoms with E-state index in [2.05, 4.69) is 34.8 Å². The molecule has 2 atom stereocenters. The number of thiocarbonyl (C=S) groups is 1. The van der Waals surface area contributed by atoms with E-state index in [0.717, 1.165) is 17.7 Å². The summed E-state index contributed by atoms with van der Waals surface area (Å²) in [5, 5.41) is 9.74. The van der Waals surface area contributed by atoms with Crippen LogP contribution in [0, 0.1) is 12.8 Å². The second-order valence-corrected chi connectivity index (χ2v) is 6.45. The number of carbonyl (C=O) groups excluding carboxylic acids is 1. The third kappa shape index (κ3) is 5.83. The fourth-order valence-corrected chi connectivity index (χ4v) is 2.48. The van der Waals surface area contributed by atoms with Crippen molar-refractivity contribution < 1.29 is 4.79 Å². The van der Waals surface area contributed by atoms with Gasteiger partial charge in [-0.2, -0.15) is 0 Å². The van der Waals surface area contributed by atoms with Crippen LogP contribution in [0.15, 0.2) is 48.8 Å². The summed E-state index contributed by atoms with van der Waals surface area (Å²) in [7, 11) is 0. The molecule has 5 nitrogen and oxygen atoms in total. The summed E-state index contributed by atoms with van der Waals surface area (Å²) >= 11 is 5.36. The van der Waals surface area contributed by atoms with Crippen LogP contribution in [0.25, 0.3) is 0 Å². The number of anilines is 1. The molecule has 25 heavy (non-hydrogen) atoms. The first-order chi connectivity index (χ1) is 12.0. The van der Waals surface area contributed by atoms with Crippen molar-refractivity contribution in [2.45, 2.75) is 33.4 Å². The van der Waals surface area contributed by atoms with E-state index >= 15 is 0 Å². The van der Waals surface area contributed by atoms with Crippen molar-refractivity contribution >= 4 is 28.9 Å². The Bertz CT molecular complexity index is 703. The topological polar surface area (TPSA) is 66.1 Å². The molecular weight excluding hydrogens is 332 g/mol. The number of amides is 1. The van der Waals surface area contributed by atoms with Crippen molar-refractivity contribution in [3.05, 3.63) is 59.9 Å². The molecule has 1 amide bonds. The Balaban J connectivity index is 2.01. The van der Waals surface area contributed by atoms with Gasteiger partial charge in [0, 0.05) is 11.8 Å². The molecule has 0 saturated carbocycles. The van der Waals surface area contributed by atoms with Crippen molar-refractivity contribution in [1.82, 2.24) is 15.6 Å². The molecule has 0 radical (unpaired) electrons. The molecule has 0 unspecified atom stereocenters. The predicted molar refractivity (Wildman–Crippen MR) is 105 cm³/mol. The summed E-state index contributed by atoms with van der Waals surface area (Å²) in [5.74, 6) is 0.0880. The smallest absolute Gasteiger partial charge is 0.252 e. The Hall–Kier alpha value is -2.47. The van der Waals surface area contributed by atoms with Crippen molar-refractivity contribution in [3.8, 4) is 0 Å². The van der Waals surface area contributed by atoms with Gasteiger partial charge in [0.1, 0.15) is 6.17 Å². The minimum atomic E-state index is -0.268. The molecule has 132 valence electrons. The van der Waals surface area contributed by atoms with Gasteiger partial charge in [0.2, 0.25) is 0 Å². The maximum absolute atomic E-state index is 12.5. The van der Waals surface area contributed by atoms with E-state index in [0.29, 0.717) is 10.7 Å². The van der Waals surface area contributed by atoms with E-state index < -0.39 is 0 Å². The van der Waals surface area contributed by atoms with E-state index in [9.17, 15) is 4.79 Å². The molecule has 0 aliphatic rings. The number of aromatic nitrogens is 1. The summed E-state index contributed by atoms with van der Waals surface area (Å²) < 4.78 is 0. The molecule has 0 spiro atoms. The SMILES string of the molecule is CC[C@H](C)[C@H](NC(=O)c1ccc(C)cc1)NC(=S)Nc1cccnc1. The van der Waals surface area contributed by atoms with Gasteiger partial charge in [0.15, 0.2) is 5.11 Å². The molecule has 0 aliphatic heterocycles. The van der Waals surface area contributed by atoms with Crippen LogP contribution in [0.1, 0.15) is 36.2 Å². The van der Waals surface area contributed by atoms with Crippen LogP contribution in [-0.4, -0.2) is 22.2 Å². The number of aryl methyl sites for hydroxylation is 1. The Morgan fingerprint density at radius 3 is 2.52 bits per heavy atom. The minimum absolute atomic E-state index is 0.123. The highest BCUT2D eigenvalue weighted by molar-refractivity contribution is 7.80. The van der Waals surface area contributed by atoms with Gasteiger partial charge in [-0.1, -0.05) is 31.5 Å². The number of rotatable bonds is 6. The lowest BCUT2D eigenvalue weighted by atomic mass is 10.0. The standard InChI is InChI=1S/C19H24N4OS/c1-4-14(3)17(22-18(24)15-9-7-13(2)8-10-15)23-19(25)21-16-6-5-11-20-12-16/h5-12,14,17H,4H2,1-3H3,(H,22,24)(H2,21,23,25)/t14-,17+/m0/s1. The number of hydrogen-bond donors (Lipinski definition) is 3. The second-order valence-electron chi connectivity index (χ2n) is 6.04. The van der Waals surface area contributed by atoms with Crippen LogP contribution >= 0.6 is 12.2 Å². The first-order valence-corrected chi connectivity index (χ1v) is 8.75.